The Hall–Kier alpha value is -11.5. The van der Waals surface area contributed by atoms with Crippen molar-refractivity contribution in [2.45, 2.75) is 107 Å². The number of hydrogen-bond donors (Lipinski definition) is 7. The van der Waals surface area contributed by atoms with Gasteiger partial charge in [-0.3, -0.25) is 28.3 Å². The number of likely N-dealkylation sites (tertiary alicyclic amines) is 3. The number of aromatic amines is 3. The lowest BCUT2D eigenvalue weighted by Gasteiger charge is -2.36. The van der Waals surface area contributed by atoms with Crippen LogP contribution >= 0.6 is 62.3 Å². The fraction of sp³-hybridized carbons (Fsp3) is 0.315. The molecule has 14 heterocycles. The summed E-state index contributed by atoms with van der Waals surface area (Å²) in [4.78, 5) is 113. The molecule has 4 aliphatic rings. The van der Waals surface area contributed by atoms with Gasteiger partial charge >= 0.3 is 11.9 Å². The van der Waals surface area contributed by atoms with E-state index in [0.29, 0.717) is 109 Å². The summed E-state index contributed by atoms with van der Waals surface area (Å²) < 4.78 is 4.72. The van der Waals surface area contributed by atoms with Crippen LogP contribution in [0.15, 0.2) is 176 Å². The van der Waals surface area contributed by atoms with Gasteiger partial charge in [0.2, 0.25) is 5.91 Å². The van der Waals surface area contributed by atoms with Crippen molar-refractivity contribution in [1.82, 2.24) is 69.0 Å². The van der Waals surface area contributed by atoms with Gasteiger partial charge in [0, 0.05) is 150 Å². The van der Waals surface area contributed by atoms with Crippen LogP contribution in [0.5, 0.6) is 0 Å². The maximum Gasteiger partial charge on any atom is 0.337 e. The van der Waals surface area contributed by atoms with Crippen molar-refractivity contribution < 1.29 is 39.0 Å². The Labute approximate surface area is 717 Å². The number of primary amides is 1. The highest BCUT2D eigenvalue weighted by Crippen LogP contribution is 2.37. The molecule has 13 aromatic rings. The minimum absolute atomic E-state index is 0.00938. The van der Waals surface area contributed by atoms with Gasteiger partial charge in [-0.1, -0.05) is 154 Å². The van der Waals surface area contributed by atoms with E-state index in [1.165, 1.54) is 44.4 Å². The molecule has 4 saturated heterocycles. The zero-order chi connectivity index (χ0) is 85.7. The van der Waals surface area contributed by atoms with Crippen molar-refractivity contribution in [2.24, 2.45) is 27.4 Å². The summed E-state index contributed by atoms with van der Waals surface area (Å²) in [7, 11) is 0. The first-order valence-electron chi connectivity index (χ1n) is 38.7. The Morgan fingerprint density at radius 3 is 1.15 bits per heavy atom. The number of pyridine rings is 5. The topological polar surface area (TPSA) is 321 Å². The van der Waals surface area contributed by atoms with Crippen LogP contribution in [0.25, 0.3) is 76.2 Å². The number of nitrogens with two attached hydrogens (primary N) is 1. The Balaban J connectivity index is 0.000000143. The van der Waals surface area contributed by atoms with Crippen LogP contribution in [0.1, 0.15) is 169 Å². The number of hydrogen-bond acceptors (Lipinski definition) is 12. The molecular weight excluding hydrogens is 1660 g/mol. The van der Waals surface area contributed by atoms with Crippen LogP contribution in [0.3, 0.4) is 0 Å². The van der Waals surface area contributed by atoms with Gasteiger partial charge in [0.25, 0.3) is 17.7 Å². The molecule has 17 rings (SSSR count). The van der Waals surface area contributed by atoms with Crippen LogP contribution in [0.4, 0.5) is 11.4 Å². The highest BCUT2D eigenvalue weighted by atomic mass is 79.9. The number of carboxylic acids is 2. The van der Waals surface area contributed by atoms with Gasteiger partial charge < -0.3 is 50.9 Å². The minimum atomic E-state index is -1.01. The third kappa shape index (κ3) is 22.9. The highest BCUT2D eigenvalue weighted by molar-refractivity contribution is 9.10. The molecule has 0 aliphatic carbocycles. The Morgan fingerprint density at radius 2 is 0.773 bits per heavy atom. The van der Waals surface area contributed by atoms with Gasteiger partial charge in [-0.2, -0.15) is 0 Å². The lowest BCUT2D eigenvalue weighted by atomic mass is 9.82. The van der Waals surface area contributed by atoms with Crippen LogP contribution in [-0.4, -0.2) is 162 Å². The van der Waals surface area contributed by atoms with Gasteiger partial charge in [-0.15, -0.1) is 0 Å². The lowest BCUT2D eigenvalue weighted by Crippen LogP contribution is -2.41. The summed E-state index contributed by atoms with van der Waals surface area (Å²) in [6.45, 7) is 38.9. The number of aromatic carboxylic acids is 2. The monoisotopic (exact) mass is 1750 g/mol. The van der Waals surface area contributed by atoms with E-state index < -0.39 is 17.8 Å². The Morgan fingerprint density at radius 1 is 0.429 bits per heavy atom. The second kappa shape index (κ2) is 38.5. The van der Waals surface area contributed by atoms with Gasteiger partial charge in [-0.25, -0.2) is 44.2 Å². The number of carbonyl (C=O) groups is 6. The van der Waals surface area contributed by atoms with Crippen molar-refractivity contribution in [2.75, 3.05) is 52.4 Å². The molecule has 0 atom stereocenters. The van der Waals surface area contributed by atoms with E-state index in [9.17, 15) is 28.8 Å². The number of rotatable bonds is 8. The fourth-order valence-electron chi connectivity index (χ4n) is 13.6. The Bertz CT molecular complexity index is 5920. The predicted octanol–water partition coefficient (Wildman–Crippen LogP) is 20.6. The summed E-state index contributed by atoms with van der Waals surface area (Å²) in [6.07, 6.45) is 24.8. The standard InChI is InChI=1S/C22H23ClN4O2.C22H21ClN4O.C15H18ClN3O.C8H5ClN2O2.C8H6N2O2.C7H4BrN.C7H15N/c1-22(2)7-9-26(10-8-22)21(29)15-11-17-18(23)13-27(20(17)25-12-15)16-5-3-14(4-6-16)19(24)28;1-22(2)8-10-26(11-9-22)21(28)15-12-18-19(23)14-27(20(18)25-13-15)17-6-4-16(24-3)5-7-17;1-15(2)3-5-19(6-4-15)14(20)10-7-11-12(16)9-18-13(11)17-8-10;9-6-3-11-7-5(6)1-4(2-10-7)8(12)13;11-8(12)6-3-5-1-2-9-7(5)10-4-6;1-9-7-4-2-6(8)3-5-7;1-7(2)3-5-8-6-4-7/h3-6,11-13H,7-10H2,1-2H3,(H2,24,28);4-7,12-14H,8-11H2,1-2H3;7-9H,3-6H2,1-2H3,(H,17,18);1-3H,(H,10,11)(H,12,13);1-4H,(H,9,10)(H,11,12);2-5H;8H,3-6H2,1-2H3. The Kier molecular flexibility index (Phi) is 28.6. The summed E-state index contributed by atoms with van der Waals surface area (Å²) in [5.74, 6) is -2.39. The molecule has 10 aromatic heterocycles. The number of carbonyl (C=O) groups excluding carboxylic acids is 4. The molecule has 0 radical (unpaired) electrons. The number of amides is 4. The van der Waals surface area contributed by atoms with Gasteiger partial charge in [0.1, 0.15) is 28.2 Å². The van der Waals surface area contributed by atoms with Crippen LogP contribution < -0.4 is 11.1 Å². The van der Waals surface area contributed by atoms with Crippen molar-refractivity contribution in [1.29, 1.82) is 0 Å². The highest BCUT2D eigenvalue weighted by Gasteiger charge is 2.32. The zero-order valence-corrected chi connectivity index (χ0v) is 71.8. The second-order valence-electron chi connectivity index (χ2n) is 32.6. The molecule has 8 N–H and O–H groups in total. The molecule has 4 amide bonds. The van der Waals surface area contributed by atoms with E-state index in [1.54, 1.807) is 116 Å². The molecule has 0 unspecified atom stereocenters. The molecule has 4 fully saturated rings. The van der Waals surface area contributed by atoms with E-state index in [2.05, 4.69) is 126 Å². The van der Waals surface area contributed by atoms with Gasteiger partial charge in [0.15, 0.2) is 11.4 Å². The molecule has 4 aliphatic heterocycles. The van der Waals surface area contributed by atoms with E-state index >= 15 is 0 Å². The number of carboxylic acid groups (broad SMARTS) is 2. The van der Waals surface area contributed by atoms with E-state index in [-0.39, 0.29) is 34.3 Å². The van der Waals surface area contributed by atoms with Crippen LogP contribution in [0, 0.1) is 34.8 Å². The average molecular weight is 1750 g/mol. The van der Waals surface area contributed by atoms with Gasteiger partial charge in [-0.05, 0) is 159 Å². The second-order valence-corrected chi connectivity index (χ2v) is 35.1. The molecule has 30 heteroatoms. The number of piperidine rings is 4. The van der Waals surface area contributed by atoms with E-state index in [1.807, 2.05) is 60.2 Å². The summed E-state index contributed by atoms with van der Waals surface area (Å²) in [6, 6.07) is 31.7. The maximum absolute atomic E-state index is 12.9. The zero-order valence-electron chi connectivity index (χ0n) is 67.2. The van der Waals surface area contributed by atoms with Crippen molar-refractivity contribution in [3.8, 4) is 11.4 Å². The summed E-state index contributed by atoms with van der Waals surface area (Å²) in [5.41, 5.74) is 15.6. The van der Waals surface area contributed by atoms with E-state index in [4.69, 9.17) is 75.5 Å². The van der Waals surface area contributed by atoms with Gasteiger partial charge in [0.05, 0.1) is 61.1 Å². The van der Waals surface area contributed by atoms with Crippen molar-refractivity contribution >= 4 is 164 Å². The summed E-state index contributed by atoms with van der Waals surface area (Å²) in [5, 5.41) is 26.5. The number of H-pyrrole nitrogens is 3. The maximum atomic E-state index is 12.9. The smallest absolute Gasteiger partial charge is 0.337 e. The SMILES string of the molecule is CC1(C)CCN(C(=O)c2cnc3[nH]cc(Cl)c3c2)CC1.CC1(C)CCN(C(=O)c2cnc3c(c2)c(Cl)cn3-c2ccc(C(N)=O)cc2)CC1.CC1(C)CCNCC1.O=C(O)c1cnc2[nH]cc(Cl)c2c1.O=C(O)c1cnc2[nH]ccc2c1.[C-]#[N+]c1ccc(-n2cc(Cl)c3cc(C(=O)N4CCC(C)(C)CC4)cnc32)cc1.[C-]#[N+]c1ccc(Br)cc1. The number of nitrogens with zero attached hydrogens (tertiary/aromatic N) is 12. The summed E-state index contributed by atoms with van der Waals surface area (Å²) >= 11 is 28.0. The van der Waals surface area contributed by atoms with Crippen molar-refractivity contribution in [3.63, 3.8) is 0 Å². The molecule has 3 aromatic carbocycles. The van der Waals surface area contributed by atoms with Crippen LogP contribution in [0.2, 0.25) is 20.1 Å². The third-order valence-electron chi connectivity index (χ3n) is 21.6. The fourth-order valence-corrected chi connectivity index (χ4v) is 14.7. The molecular formula is C89H92BrCl4N17O8. The van der Waals surface area contributed by atoms with Crippen molar-refractivity contribution in [3.05, 3.63) is 252 Å². The number of nitrogens with one attached hydrogen (secondary N) is 4. The normalized spacial score (nSPS) is 15.5. The minimum Gasteiger partial charge on any atom is -0.478 e. The number of benzene rings is 3. The quantitative estimate of drug-likeness (QED) is 0.0696. The third-order valence-corrected chi connectivity index (χ3v) is 23.4. The molecule has 616 valence electrons. The lowest BCUT2D eigenvalue weighted by molar-refractivity contribution is 0.0621. The molecule has 0 bridgehead atoms. The number of aromatic nitrogens is 10. The van der Waals surface area contributed by atoms with E-state index in [0.717, 1.165) is 110 Å². The molecule has 119 heavy (non-hydrogen) atoms. The first-order valence-corrected chi connectivity index (χ1v) is 41.0. The molecule has 0 spiro atoms. The average Bonchev–Trinajstić information content (AvgIpc) is 1.64. The van der Waals surface area contributed by atoms with Crippen LogP contribution in [-0.2, 0) is 0 Å². The number of halogens is 5. The molecule has 25 nitrogen and oxygen atoms in total. The number of fused-ring (bicyclic) bond motifs is 5. The first-order chi connectivity index (χ1) is 56.6. The first kappa shape index (κ1) is 88.3. The molecule has 0 saturated carbocycles. The largest absolute Gasteiger partial charge is 0.478 e. The predicted molar refractivity (Wildman–Crippen MR) is 472 cm³/mol.